The second kappa shape index (κ2) is 1.85. The van der Waals surface area contributed by atoms with E-state index in [0.29, 0.717) is 0 Å². The van der Waals surface area contributed by atoms with Gasteiger partial charge in [-0.05, 0) is 18.8 Å². The lowest BCUT2D eigenvalue weighted by Crippen LogP contribution is -1.96. The molecule has 1 aliphatic carbocycles. The van der Waals surface area contributed by atoms with Crippen LogP contribution in [0.5, 0.6) is 0 Å². The molecule has 1 fully saturated rings. The third-order valence-corrected chi connectivity index (χ3v) is 2.04. The minimum atomic E-state index is 0.764. The maximum absolute atomic E-state index is 4.02. The van der Waals surface area contributed by atoms with Gasteiger partial charge in [-0.2, -0.15) is 0 Å². The number of hydrogen-bond donors (Lipinski definition) is 0. The standard InChI is InChI=1S/C7H13/c1-6-4-3-5-7(6)2/h6-7H,1,3-5H2,2H3/t6-,7-/m1/s1. The molecule has 1 rings (SSSR count). The fraction of sp³-hybridized carbons (Fsp3) is 0.857. The maximum Gasteiger partial charge on any atom is -0.0388 e. The highest BCUT2D eigenvalue weighted by molar-refractivity contribution is 4.74. The van der Waals surface area contributed by atoms with Crippen molar-refractivity contribution in [3.63, 3.8) is 0 Å². The molecule has 0 nitrogen and oxygen atoms in total. The van der Waals surface area contributed by atoms with Crippen molar-refractivity contribution in [2.75, 3.05) is 0 Å². The van der Waals surface area contributed by atoms with Crippen molar-refractivity contribution < 1.29 is 0 Å². The van der Waals surface area contributed by atoms with E-state index in [4.69, 9.17) is 0 Å². The molecule has 0 aromatic rings. The topological polar surface area (TPSA) is 0 Å². The number of hydrogen-bond acceptors (Lipinski definition) is 0. The summed E-state index contributed by atoms with van der Waals surface area (Å²) in [4.78, 5) is 0. The average molecular weight is 97.2 g/mol. The molecular weight excluding hydrogens is 84.1 g/mol. The lowest BCUT2D eigenvalue weighted by Gasteiger charge is -2.04. The summed E-state index contributed by atoms with van der Waals surface area (Å²) in [5.41, 5.74) is 0. The minimum absolute atomic E-state index is 0.764. The van der Waals surface area contributed by atoms with E-state index in [1.807, 2.05) is 0 Å². The van der Waals surface area contributed by atoms with Crippen LogP contribution < -0.4 is 0 Å². The largest absolute Gasteiger partial charge is 0.0622 e. The average Bonchev–Trinajstić information content (AvgIpc) is 1.91. The van der Waals surface area contributed by atoms with Gasteiger partial charge >= 0.3 is 0 Å². The Kier molecular flexibility index (Phi) is 1.36. The molecule has 1 aliphatic rings. The molecule has 7 heavy (non-hydrogen) atoms. The zero-order chi connectivity index (χ0) is 5.28. The highest BCUT2D eigenvalue weighted by Gasteiger charge is 2.17. The monoisotopic (exact) mass is 97.1 g/mol. The molecule has 0 aromatic carbocycles. The SMILES string of the molecule is [CH2][C@@H]1CCC[C@H]1C. The van der Waals surface area contributed by atoms with Crippen LogP contribution in [0.3, 0.4) is 0 Å². The minimum Gasteiger partial charge on any atom is -0.0622 e. The third-order valence-electron chi connectivity index (χ3n) is 2.04. The van der Waals surface area contributed by atoms with Crippen molar-refractivity contribution in [1.82, 2.24) is 0 Å². The summed E-state index contributed by atoms with van der Waals surface area (Å²) >= 11 is 0. The van der Waals surface area contributed by atoms with Gasteiger partial charge in [-0.3, -0.25) is 0 Å². The van der Waals surface area contributed by atoms with Crippen LogP contribution in [0.4, 0.5) is 0 Å². The molecule has 0 aliphatic heterocycles. The third kappa shape index (κ3) is 0.960. The fourth-order valence-corrected chi connectivity index (χ4v) is 1.22. The van der Waals surface area contributed by atoms with Crippen LogP contribution >= 0.6 is 0 Å². The summed E-state index contributed by atoms with van der Waals surface area (Å²) < 4.78 is 0. The quantitative estimate of drug-likeness (QED) is 0.435. The Morgan fingerprint density at radius 3 is 2.29 bits per heavy atom. The van der Waals surface area contributed by atoms with Gasteiger partial charge < -0.3 is 0 Å². The van der Waals surface area contributed by atoms with E-state index >= 15 is 0 Å². The Bertz CT molecular complexity index is 49.1. The van der Waals surface area contributed by atoms with E-state index in [1.165, 1.54) is 19.3 Å². The zero-order valence-electron chi connectivity index (χ0n) is 4.98. The normalized spacial score (nSPS) is 42.0. The van der Waals surface area contributed by atoms with Crippen LogP contribution in [-0.2, 0) is 0 Å². The molecular formula is C7H13. The summed E-state index contributed by atoms with van der Waals surface area (Å²) in [6.07, 6.45) is 4.19. The predicted octanol–water partition coefficient (Wildman–Crippen LogP) is 2.26. The van der Waals surface area contributed by atoms with E-state index in [0.717, 1.165) is 11.8 Å². The van der Waals surface area contributed by atoms with E-state index < -0.39 is 0 Å². The van der Waals surface area contributed by atoms with Crippen molar-refractivity contribution >= 4 is 0 Å². The Morgan fingerprint density at radius 2 is 2.14 bits per heavy atom. The number of rotatable bonds is 0. The summed E-state index contributed by atoms with van der Waals surface area (Å²) in [5, 5.41) is 0. The van der Waals surface area contributed by atoms with Gasteiger partial charge in [-0.15, -0.1) is 0 Å². The first-order valence-corrected chi connectivity index (χ1v) is 3.14. The van der Waals surface area contributed by atoms with Crippen LogP contribution in [0.2, 0.25) is 0 Å². The predicted molar refractivity (Wildman–Crippen MR) is 31.9 cm³/mol. The van der Waals surface area contributed by atoms with Crippen molar-refractivity contribution in [2.24, 2.45) is 11.8 Å². The summed E-state index contributed by atoms with van der Waals surface area (Å²) in [6, 6.07) is 0. The lowest BCUT2D eigenvalue weighted by atomic mass is 10.0. The zero-order valence-corrected chi connectivity index (χ0v) is 4.98. The first-order chi connectivity index (χ1) is 3.30. The summed E-state index contributed by atoms with van der Waals surface area (Å²) in [6.45, 7) is 6.31. The van der Waals surface area contributed by atoms with Crippen molar-refractivity contribution in [3.8, 4) is 0 Å². The highest BCUT2D eigenvalue weighted by atomic mass is 14.2. The van der Waals surface area contributed by atoms with E-state index in [1.54, 1.807) is 0 Å². The Balaban J connectivity index is 2.33. The summed E-state index contributed by atoms with van der Waals surface area (Å²) in [7, 11) is 0. The van der Waals surface area contributed by atoms with Gasteiger partial charge in [0.1, 0.15) is 0 Å². The molecule has 1 radical (unpaired) electrons. The molecule has 41 valence electrons. The van der Waals surface area contributed by atoms with Crippen LogP contribution in [0, 0.1) is 18.8 Å². The van der Waals surface area contributed by atoms with Gasteiger partial charge in [0.15, 0.2) is 0 Å². The fourth-order valence-electron chi connectivity index (χ4n) is 1.22. The molecule has 0 spiro atoms. The van der Waals surface area contributed by atoms with Crippen LogP contribution in [0.25, 0.3) is 0 Å². The molecule has 0 aromatic heterocycles. The van der Waals surface area contributed by atoms with Crippen LogP contribution in [0.15, 0.2) is 0 Å². The van der Waals surface area contributed by atoms with E-state index in [2.05, 4.69) is 13.8 Å². The Labute approximate surface area is 45.9 Å². The molecule has 0 saturated heterocycles. The van der Waals surface area contributed by atoms with Crippen molar-refractivity contribution in [1.29, 1.82) is 0 Å². The van der Waals surface area contributed by atoms with Gasteiger partial charge in [0.25, 0.3) is 0 Å². The molecule has 0 heterocycles. The highest BCUT2D eigenvalue weighted by Crippen LogP contribution is 2.29. The second-order valence-corrected chi connectivity index (χ2v) is 2.67. The maximum atomic E-state index is 4.02. The smallest absolute Gasteiger partial charge is 0.0388 e. The van der Waals surface area contributed by atoms with Gasteiger partial charge in [0.05, 0.1) is 0 Å². The van der Waals surface area contributed by atoms with Gasteiger partial charge in [-0.1, -0.05) is 26.2 Å². The molecule has 0 bridgehead atoms. The first-order valence-electron chi connectivity index (χ1n) is 3.14. The second-order valence-electron chi connectivity index (χ2n) is 2.67. The molecule has 0 amide bonds. The Hall–Kier alpha value is 0. The van der Waals surface area contributed by atoms with Gasteiger partial charge in [0.2, 0.25) is 0 Å². The lowest BCUT2D eigenvalue weighted by molar-refractivity contribution is 0.500. The van der Waals surface area contributed by atoms with Crippen molar-refractivity contribution in [3.05, 3.63) is 6.92 Å². The first kappa shape index (κ1) is 5.14. The molecule has 2 atom stereocenters. The van der Waals surface area contributed by atoms with Crippen molar-refractivity contribution in [2.45, 2.75) is 26.2 Å². The molecule has 0 heteroatoms. The summed E-state index contributed by atoms with van der Waals surface area (Å²) in [5.74, 6) is 1.67. The molecule has 1 saturated carbocycles. The van der Waals surface area contributed by atoms with E-state index in [9.17, 15) is 0 Å². The Morgan fingerprint density at radius 1 is 1.43 bits per heavy atom. The molecule has 0 unspecified atom stereocenters. The van der Waals surface area contributed by atoms with Crippen LogP contribution in [-0.4, -0.2) is 0 Å². The molecule has 0 N–H and O–H groups in total. The van der Waals surface area contributed by atoms with Gasteiger partial charge in [-0.25, -0.2) is 0 Å². The van der Waals surface area contributed by atoms with E-state index in [-0.39, 0.29) is 0 Å². The van der Waals surface area contributed by atoms with Crippen LogP contribution in [0.1, 0.15) is 26.2 Å². The van der Waals surface area contributed by atoms with Gasteiger partial charge in [0, 0.05) is 0 Å².